The maximum absolute atomic E-state index is 11.9. The Labute approximate surface area is 98.8 Å². The zero-order valence-corrected chi connectivity index (χ0v) is 10.6. The van der Waals surface area contributed by atoms with E-state index in [4.69, 9.17) is 0 Å². The monoisotopic (exact) mass is 227 g/mol. The van der Waals surface area contributed by atoms with Crippen LogP contribution in [0.3, 0.4) is 0 Å². The molecule has 0 spiro atoms. The fourth-order valence-corrected chi connectivity index (χ4v) is 2.12. The summed E-state index contributed by atoms with van der Waals surface area (Å²) in [6.45, 7) is 3.96. The van der Waals surface area contributed by atoms with Crippen LogP contribution in [0.4, 0.5) is 0 Å². The van der Waals surface area contributed by atoms with Crippen LogP contribution >= 0.6 is 0 Å². The summed E-state index contributed by atoms with van der Waals surface area (Å²) >= 11 is 0. The maximum Gasteiger partial charge on any atom is 0.222 e. The molecule has 1 aliphatic rings. The van der Waals surface area contributed by atoms with E-state index in [0.29, 0.717) is 18.2 Å². The van der Waals surface area contributed by atoms with Crippen LogP contribution in [-0.4, -0.2) is 51.1 Å². The highest BCUT2D eigenvalue weighted by molar-refractivity contribution is 5.76. The van der Waals surface area contributed by atoms with Crippen molar-refractivity contribution in [1.29, 1.82) is 0 Å². The van der Waals surface area contributed by atoms with Crippen molar-refractivity contribution < 1.29 is 4.79 Å². The molecule has 0 aromatic carbocycles. The van der Waals surface area contributed by atoms with Gasteiger partial charge in [0, 0.05) is 20.0 Å². The van der Waals surface area contributed by atoms with Crippen LogP contribution in [0, 0.1) is 5.92 Å². The molecule has 0 aromatic heterocycles. The lowest BCUT2D eigenvalue weighted by Crippen LogP contribution is -2.35. The van der Waals surface area contributed by atoms with Crippen LogP contribution < -0.4 is 10.6 Å². The lowest BCUT2D eigenvalue weighted by atomic mass is 9.96. The third-order valence-corrected chi connectivity index (χ3v) is 3.21. The SMILES string of the molecule is CNCCCN(C)C(=O)CC1CCCNC1. The predicted molar refractivity (Wildman–Crippen MR) is 66.4 cm³/mol. The first-order valence-corrected chi connectivity index (χ1v) is 6.33. The van der Waals surface area contributed by atoms with E-state index in [1.807, 2.05) is 19.0 Å². The summed E-state index contributed by atoms with van der Waals surface area (Å²) < 4.78 is 0. The molecule has 0 radical (unpaired) electrons. The van der Waals surface area contributed by atoms with E-state index >= 15 is 0 Å². The highest BCUT2D eigenvalue weighted by atomic mass is 16.2. The van der Waals surface area contributed by atoms with Gasteiger partial charge in [0.15, 0.2) is 0 Å². The Balaban J connectivity index is 2.16. The van der Waals surface area contributed by atoms with Gasteiger partial charge >= 0.3 is 0 Å². The minimum Gasteiger partial charge on any atom is -0.346 e. The number of hydrogen-bond donors (Lipinski definition) is 2. The number of nitrogens with one attached hydrogen (secondary N) is 2. The molecule has 1 heterocycles. The van der Waals surface area contributed by atoms with Crippen molar-refractivity contribution in [3.8, 4) is 0 Å². The summed E-state index contributed by atoms with van der Waals surface area (Å²) in [6, 6.07) is 0. The summed E-state index contributed by atoms with van der Waals surface area (Å²) in [6.07, 6.45) is 4.15. The third-order valence-electron chi connectivity index (χ3n) is 3.21. The van der Waals surface area contributed by atoms with Crippen LogP contribution in [-0.2, 0) is 4.79 Å². The lowest BCUT2D eigenvalue weighted by Gasteiger charge is -2.25. The van der Waals surface area contributed by atoms with Gasteiger partial charge < -0.3 is 15.5 Å². The largest absolute Gasteiger partial charge is 0.346 e. The second kappa shape index (κ2) is 7.63. The standard InChI is InChI=1S/C12H25N3O/c1-13-6-4-8-15(2)12(16)9-11-5-3-7-14-10-11/h11,13-14H,3-10H2,1-2H3. The molecule has 1 unspecified atom stereocenters. The van der Waals surface area contributed by atoms with Crippen molar-refractivity contribution in [3.63, 3.8) is 0 Å². The van der Waals surface area contributed by atoms with Gasteiger partial charge in [0.1, 0.15) is 0 Å². The Morgan fingerprint density at radius 3 is 3.00 bits per heavy atom. The molecule has 0 aromatic rings. The van der Waals surface area contributed by atoms with Gasteiger partial charge in [-0.2, -0.15) is 0 Å². The van der Waals surface area contributed by atoms with Crippen LogP contribution in [0.25, 0.3) is 0 Å². The van der Waals surface area contributed by atoms with Crippen molar-refractivity contribution in [2.24, 2.45) is 5.92 Å². The summed E-state index contributed by atoms with van der Waals surface area (Å²) in [4.78, 5) is 13.8. The van der Waals surface area contributed by atoms with Gasteiger partial charge in [-0.1, -0.05) is 0 Å². The number of amides is 1. The number of nitrogens with zero attached hydrogens (tertiary/aromatic N) is 1. The Morgan fingerprint density at radius 2 is 2.38 bits per heavy atom. The van der Waals surface area contributed by atoms with Gasteiger partial charge in [-0.15, -0.1) is 0 Å². The maximum atomic E-state index is 11.9. The first kappa shape index (κ1) is 13.5. The Bertz CT molecular complexity index is 202. The number of carbonyl (C=O) groups excluding carboxylic acids is 1. The minimum absolute atomic E-state index is 0.296. The molecule has 1 rings (SSSR count). The van der Waals surface area contributed by atoms with E-state index < -0.39 is 0 Å². The highest BCUT2D eigenvalue weighted by Crippen LogP contribution is 2.14. The average molecular weight is 227 g/mol. The molecule has 1 amide bonds. The highest BCUT2D eigenvalue weighted by Gasteiger charge is 2.18. The van der Waals surface area contributed by atoms with Crippen LogP contribution in [0.1, 0.15) is 25.7 Å². The second-order valence-electron chi connectivity index (χ2n) is 4.69. The zero-order valence-electron chi connectivity index (χ0n) is 10.6. The fraction of sp³-hybridized carbons (Fsp3) is 0.917. The molecular formula is C12H25N3O. The smallest absolute Gasteiger partial charge is 0.222 e. The van der Waals surface area contributed by atoms with Crippen molar-refractivity contribution in [3.05, 3.63) is 0 Å². The summed E-state index contributed by atoms with van der Waals surface area (Å²) in [5, 5.41) is 6.45. The van der Waals surface area contributed by atoms with Gasteiger partial charge in [0.05, 0.1) is 0 Å². The van der Waals surface area contributed by atoms with Gasteiger partial charge in [0.25, 0.3) is 0 Å². The van der Waals surface area contributed by atoms with E-state index in [0.717, 1.165) is 32.6 Å². The van der Waals surface area contributed by atoms with Gasteiger partial charge in [-0.25, -0.2) is 0 Å². The fourth-order valence-electron chi connectivity index (χ4n) is 2.12. The van der Waals surface area contributed by atoms with E-state index in [-0.39, 0.29) is 0 Å². The predicted octanol–water partition coefficient (Wildman–Crippen LogP) is 0.444. The summed E-state index contributed by atoms with van der Waals surface area (Å²) in [5.74, 6) is 0.845. The molecule has 1 atom stereocenters. The Morgan fingerprint density at radius 1 is 1.56 bits per heavy atom. The van der Waals surface area contributed by atoms with E-state index in [1.54, 1.807) is 0 Å². The molecule has 1 fully saturated rings. The van der Waals surface area contributed by atoms with Gasteiger partial charge in [-0.3, -0.25) is 4.79 Å². The van der Waals surface area contributed by atoms with E-state index in [2.05, 4.69) is 10.6 Å². The summed E-state index contributed by atoms with van der Waals surface area (Å²) in [5.41, 5.74) is 0. The molecule has 2 N–H and O–H groups in total. The Kier molecular flexibility index (Phi) is 6.42. The van der Waals surface area contributed by atoms with Crippen molar-refractivity contribution >= 4 is 5.91 Å². The zero-order chi connectivity index (χ0) is 11.8. The summed E-state index contributed by atoms with van der Waals surface area (Å²) in [7, 11) is 3.85. The average Bonchev–Trinajstić information content (AvgIpc) is 2.30. The quantitative estimate of drug-likeness (QED) is 0.647. The first-order chi connectivity index (χ1) is 7.74. The minimum atomic E-state index is 0.296. The van der Waals surface area contributed by atoms with Crippen LogP contribution in [0.5, 0.6) is 0 Å². The Hall–Kier alpha value is -0.610. The topological polar surface area (TPSA) is 44.4 Å². The van der Waals surface area contributed by atoms with Crippen molar-refractivity contribution in [2.45, 2.75) is 25.7 Å². The van der Waals surface area contributed by atoms with E-state index in [1.165, 1.54) is 12.8 Å². The van der Waals surface area contributed by atoms with Gasteiger partial charge in [-0.05, 0) is 51.9 Å². The van der Waals surface area contributed by atoms with Crippen molar-refractivity contribution in [1.82, 2.24) is 15.5 Å². The molecular weight excluding hydrogens is 202 g/mol. The van der Waals surface area contributed by atoms with Crippen LogP contribution in [0.2, 0.25) is 0 Å². The number of hydrogen-bond acceptors (Lipinski definition) is 3. The number of carbonyl (C=O) groups is 1. The molecule has 94 valence electrons. The van der Waals surface area contributed by atoms with E-state index in [9.17, 15) is 4.79 Å². The van der Waals surface area contributed by atoms with Crippen LogP contribution in [0.15, 0.2) is 0 Å². The van der Waals surface area contributed by atoms with Gasteiger partial charge in [0.2, 0.25) is 5.91 Å². The molecule has 0 aliphatic carbocycles. The lowest BCUT2D eigenvalue weighted by molar-refractivity contribution is -0.131. The number of rotatable bonds is 6. The third kappa shape index (κ3) is 4.94. The normalized spacial score (nSPS) is 20.8. The molecule has 4 heteroatoms. The second-order valence-corrected chi connectivity index (χ2v) is 4.69. The molecule has 0 saturated carbocycles. The number of piperidine rings is 1. The molecule has 1 saturated heterocycles. The first-order valence-electron chi connectivity index (χ1n) is 6.33. The molecule has 0 bridgehead atoms. The molecule has 4 nitrogen and oxygen atoms in total. The molecule has 16 heavy (non-hydrogen) atoms. The molecule has 1 aliphatic heterocycles. The van der Waals surface area contributed by atoms with Crippen molar-refractivity contribution in [2.75, 3.05) is 40.3 Å².